The van der Waals surface area contributed by atoms with Crippen molar-refractivity contribution in [1.29, 1.82) is 0 Å². The van der Waals surface area contributed by atoms with E-state index < -0.39 is 0 Å². The van der Waals surface area contributed by atoms with Crippen molar-refractivity contribution in [1.82, 2.24) is 20.1 Å². The van der Waals surface area contributed by atoms with Gasteiger partial charge in [0, 0.05) is 24.8 Å². The lowest BCUT2D eigenvalue weighted by Gasteiger charge is -2.15. The van der Waals surface area contributed by atoms with E-state index in [1.54, 1.807) is 0 Å². The molecule has 0 spiro atoms. The maximum atomic E-state index is 4.55. The summed E-state index contributed by atoms with van der Waals surface area (Å²) in [7, 11) is 3.86. The van der Waals surface area contributed by atoms with Gasteiger partial charge in [0.1, 0.15) is 0 Å². The Morgan fingerprint density at radius 1 is 1.16 bits per heavy atom. The van der Waals surface area contributed by atoms with Gasteiger partial charge >= 0.3 is 0 Å². The number of fused-ring (bicyclic) bond motifs is 1. The van der Waals surface area contributed by atoms with Crippen LogP contribution in [0.2, 0.25) is 0 Å². The highest BCUT2D eigenvalue weighted by Crippen LogP contribution is 2.25. The van der Waals surface area contributed by atoms with E-state index in [9.17, 15) is 0 Å². The summed E-state index contributed by atoms with van der Waals surface area (Å²) < 4.78 is 1.81. The molecule has 1 atom stereocenters. The molecule has 3 rings (SSSR count). The van der Waals surface area contributed by atoms with Crippen LogP contribution >= 0.6 is 0 Å². The number of rotatable bonds is 3. The molecule has 4 heteroatoms. The van der Waals surface area contributed by atoms with Gasteiger partial charge in [0.2, 0.25) is 0 Å². The standard InChI is InChI=1S/C15H16N4/c1-16-15(13-8-10-19(2)18-13)14-12-6-4-3-5-11(12)7-9-17-14/h3-10,15-16H,1-2H3. The van der Waals surface area contributed by atoms with Crippen LogP contribution in [0.4, 0.5) is 0 Å². The quantitative estimate of drug-likeness (QED) is 0.777. The first-order chi connectivity index (χ1) is 9.29. The third kappa shape index (κ3) is 2.11. The Hall–Kier alpha value is -2.20. The van der Waals surface area contributed by atoms with Crippen molar-refractivity contribution < 1.29 is 0 Å². The van der Waals surface area contributed by atoms with Crippen LogP contribution in [0.5, 0.6) is 0 Å². The van der Waals surface area contributed by atoms with Gasteiger partial charge in [-0.05, 0) is 24.6 Å². The molecule has 19 heavy (non-hydrogen) atoms. The molecule has 1 aromatic carbocycles. The van der Waals surface area contributed by atoms with E-state index in [4.69, 9.17) is 0 Å². The van der Waals surface area contributed by atoms with E-state index >= 15 is 0 Å². The minimum absolute atomic E-state index is 0.00676. The Balaban J connectivity index is 2.16. The SMILES string of the molecule is CNC(c1ccn(C)n1)c1nccc2ccccc12. The smallest absolute Gasteiger partial charge is 0.0947 e. The van der Waals surface area contributed by atoms with Gasteiger partial charge in [0.25, 0.3) is 0 Å². The molecule has 0 aliphatic carbocycles. The second-order valence-corrected chi connectivity index (χ2v) is 4.55. The van der Waals surface area contributed by atoms with Crippen LogP contribution in [-0.2, 0) is 7.05 Å². The Labute approximate surface area is 112 Å². The zero-order valence-corrected chi connectivity index (χ0v) is 11.0. The van der Waals surface area contributed by atoms with Gasteiger partial charge < -0.3 is 5.32 Å². The van der Waals surface area contributed by atoms with Gasteiger partial charge in [0.15, 0.2) is 0 Å². The van der Waals surface area contributed by atoms with Gasteiger partial charge in [-0.2, -0.15) is 5.10 Å². The second-order valence-electron chi connectivity index (χ2n) is 4.55. The summed E-state index contributed by atoms with van der Waals surface area (Å²) in [4.78, 5) is 4.55. The average molecular weight is 252 g/mol. The van der Waals surface area contributed by atoms with Crippen molar-refractivity contribution >= 4 is 10.8 Å². The summed E-state index contributed by atoms with van der Waals surface area (Å²) >= 11 is 0. The summed E-state index contributed by atoms with van der Waals surface area (Å²) in [5.41, 5.74) is 1.99. The monoisotopic (exact) mass is 252 g/mol. The predicted octanol–water partition coefficient (Wildman–Crippen LogP) is 2.28. The summed E-state index contributed by atoms with van der Waals surface area (Å²) in [5.74, 6) is 0. The lowest BCUT2D eigenvalue weighted by Crippen LogP contribution is -2.20. The second kappa shape index (κ2) is 4.82. The molecule has 0 saturated carbocycles. The molecule has 4 nitrogen and oxygen atoms in total. The van der Waals surface area contributed by atoms with Crippen LogP contribution in [0.3, 0.4) is 0 Å². The van der Waals surface area contributed by atoms with Crippen LogP contribution in [-0.4, -0.2) is 21.8 Å². The Morgan fingerprint density at radius 3 is 2.74 bits per heavy atom. The Kier molecular flexibility index (Phi) is 3.01. The highest BCUT2D eigenvalue weighted by Gasteiger charge is 2.18. The van der Waals surface area contributed by atoms with Crippen LogP contribution < -0.4 is 5.32 Å². The van der Waals surface area contributed by atoms with Crippen molar-refractivity contribution in [3.63, 3.8) is 0 Å². The van der Waals surface area contributed by atoms with Crippen LogP contribution in [0.1, 0.15) is 17.4 Å². The molecule has 0 saturated heterocycles. The maximum Gasteiger partial charge on any atom is 0.0947 e. The Morgan fingerprint density at radius 2 is 2.00 bits per heavy atom. The van der Waals surface area contributed by atoms with Gasteiger partial charge in [-0.25, -0.2) is 0 Å². The van der Waals surface area contributed by atoms with Crippen LogP contribution in [0.25, 0.3) is 10.8 Å². The molecular weight excluding hydrogens is 236 g/mol. The molecule has 0 aliphatic rings. The van der Waals surface area contributed by atoms with Gasteiger partial charge in [-0.3, -0.25) is 9.67 Å². The summed E-state index contributed by atoms with van der Waals surface area (Å²) in [6, 6.07) is 12.3. The molecule has 0 radical (unpaired) electrons. The van der Waals surface area contributed by atoms with Crippen LogP contribution in [0, 0.1) is 0 Å². The molecule has 1 unspecified atom stereocenters. The normalized spacial score (nSPS) is 12.7. The van der Waals surface area contributed by atoms with Gasteiger partial charge in [0.05, 0.1) is 17.4 Å². The van der Waals surface area contributed by atoms with Crippen molar-refractivity contribution in [2.45, 2.75) is 6.04 Å². The third-order valence-electron chi connectivity index (χ3n) is 3.30. The predicted molar refractivity (Wildman–Crippen MR) is 75.9 cm³/mol. The van der Waals surface area contributed by atoms with E-state index in [0.29, 0.717) is 0 Å². The van der Waals surface area contributed by atoms with Crippen molar-refractivity contribution in [3.05, 3.63) is 60.2 Å². The largest absolute Gasteiger partial charge is 0.307 e. The lowest BCUT2D eigenvalue weighted by atomic mass is 10.0. The molecule has 1 N–H and O–H groups in total. The van der Waals surface area contributed by atoms with E-state index in [-0.39, 0.29) is 6.04 Å². The molecule has 0 amide bonds. The average Bonchev–Trinajstić information content (AvgIpc) is 2.86. The van der Waals surface area contributed by atoms with Gasteiger partial charge in [-0.1, -0.05) is 24.3 Å². The number of benzene rings is 1. The van der Waals surface area contributed by atoms with E-state index in [2.05, 4.69) is 27.5 Å². The number of nitrogens with zero attached hydrogens (tertiary/aromatic N) is 3. The zero-order chi connectivity index (χ0) is 13.2. The van der Waals surface area contributed by atoms with E-state index in [1.807, 2.05) is 55.4 Å². The molecular formula is C15H16N4. The van der Waals surface area contributed by atoms with Crippen molar-refractivity contribution in [3.8, 4) is 0 Å². The first-order valence-electron chi connectivity index (χ1n) is 6.30. The van der Waals surface area contributed by atoms with E-state index in [0.717, 1.165) is 16.8 Å². The fraction of sp³-hybridized carbons (Fsp3) is 0.200. The fourth-order valence-electron chi connectivity index (χ4n) is 2.38. The summed E-state index contributed by atoms with van der Waals surface area (Å²) in [6.07, 6.45) is 3.80. The lowest BCUT2D eigenvalue weighted by molar-refractivity contribution is 0.632. The zero-order valence-electron chi connectivity index (χ0n) is 11.0. The number of pyridine rings is 1. The minimum atomic E-state index is 0.00676. The summed E-state index contributed by atoms with van der Waals surface area (Å²) in [6.45, 7) is 0. The minimum Gasteiger partial charge on any atom is -0.307 e. The summed E-state index contributed by atoms with van der Waals surface area (Å²) in [5, 5.41) is 10.1. The molecule has 0 fully saturated rings. The Bertz CT molecular complexity index is 697. The number of aryl methyl sites for hydroxylation is 1. The van der Waals surface area contributed by atoms with E-state index in [1.165, 1.54) is 5.39 Å². The van der Waals surface area contributed by atoms with Crippen molar-refractivity contribution in [2.75, 3.05) is 7.05 Å². The van der Waals surface area contributed by atoms with Crippen molar-refractivity contribution in [2.24, 2.45) is 7.05 Å². The highest BCUT2D eigenvalue weighted by molar-refractivity contribution is 5.84. The number of hydrogen-bond acceptors (Lipinski definition) is 3. The third-order valence-corrected chi connectivity index (χ3v) is 3.30. The molecule has 96 valence electrons. The fourth-order valence-corrected chi connectivity index (χ4v) is 2.38. The number of aromatic nitrogens is 3. The highest BCUT2D eigenvalue weighted by atomic mass is 15.3. The van der Waals surface area contributed by atoms with Gasteiger partial charge in [-0.15, -0.1) is 0 Å². The number of nitrogens with one attached hydrogen (secondary N) is 1. The number of hydrogen-bond donors (Lipinski definition) is 1. The first kappa shape index (κ1) is 11.9. The molecule has 2 heterocycles. The molecule has 0 aliphatic heterocycles. The molecule has 3 aromatic rings. The molecule has 0 bridgehead atoms. The maximum absolute atomic E-state index is 4.55. The molecule has 2 aromatic heterocycles. The van der Waals surface area contributed by atoms with Crippen LogP contribution in [0.15, 0.2) is 48.8 Å². The first-order valence-corrected chi connectivity index (χ1v) is 6.30. The topological polar surface area (TPSA) is 42.7 Å².